The number of aromatic nitrogens is 1. The monoisotopic (exact) mass is 216 g/mol. The third-order valence-corrected chi connectivity index (χ3v) is 2.77. The minimum absolute atomic E-state index is 0.621. The lowest BCUT2D eigenvalue weighted by molar-refractivity contribution is 0.522. The maximum Gasteiger partial charge on any atom is 0.228 e. The Kier molecular flexibility index (Phi) is 2.69. The van der Waals surface area contributed by atoms with Crippen LogP contribution in [-0.4, -0.2) is 4.98 Å². The van der Waals surface area contributed by atoms with E-state index in [9.17, 15) is 0 Å². The van der Waals surface area contributed by atoms with Crippen molar-refractivity contribution in [1.29, 1.82) is 0 Å². The van der Waals surface area contributed by atoms with Crippen LogP contribution in [0.3, 0.4) is 0 Å². The van der Waals surface area contributed by atoms with Crippen LogP contribution in [0.15, 0.2) is 22.6 Å². The maximum absolute atomic E-state index is 6.02. The molecule has 0 aliphatic heterocycles. The quantitative estimate of drug-likeness (QED) is 0.785. The summed E-state index contributed by atoms with van der Waals surface area (Å²) in [7, 11) is 0. The average Bonchev–Trinajstić information content (AvgIpc) is 2.63. The molecule has 1 aromatic heterocycles. The Bertz CT molecular complexity index is 515. The number of nitrogens with two attached hydrogens (primary N) is 1. The predicted molar refractivity (Wildman–Crippen MR) is 65.2 cm³/mol. The van der Waals surface area contributed by atoms with E-state index in [4.69, 9.17) is 10.2 Å². The van der Waals surface area contributed by atoms with E-state index in [-0.39, 0.29) is 0 Å². The number of para-hydroxylation sites is 1. The fraction of sp³-hybridized carbons (Fsp3) is 0.308. The molecule has 3 nitrogen and oxygen atoms in total. The predicted octanol–water partition coefficient (Wildman–Crippen LogP) is 3.10. The molecule has 0 aliphatic rings. The number of oxazole rings is 1. The van der Waals surface area contributed by atoms with Gasteiger partial charge >= 0.3 is 0 Å². The standard InChI is InChI=1S/C13H16N2O/c1-4-11-9(3)15-13(16-11)10-7-5-6-8(2)12(10)14/h5-7H,4,14H2,1-3H3. The molecular weight excluding hydrogens is 200 g/mol. The summed E-state index contributed by atoms with van der Waals surface area (Å²) in [4.78, 5) is 4.41. The molecule has 0 saturated carbocycles. The van der Waals surface area contributed by atoms with Crippen molar-refractivity contribution in [3.05, 3.63) is 35.2 Å². The minimum Gasteiger partial charge on any atom is -0.441 e. The smallest absolute Gasteiger partial charge is 0.228 e. The highest BCUT2D eigenvalue weighted by Gasteiger charge is 2.12. The third-order valence-electron chi connectivity index (χ3n) is 2.77. The number of benzene rings is 1. The van der Waals surface area contributed by atoms with Crippen LogP contribution in [-0.2, 0) is 6.42 Å². The molecule has 16 heavy (non-hydrogen) atoms. The summed E-state index contributed by atoms with van der Waals surface area (Å²) in [6.45, 7) is 5.99. The van der Waals surface area contributed by atoms with Gasteiger partial charge < -0.3 is 10.2 Å². The summed E-state index contributed by atoms with van der Waals surface area (Å²) in [6.07, 6.45) is 0.852. The SMILES string of the molecule is CCc1oc(-c2cccc(C)c2N)nc1C. The fourth-order valence-electron chi connectivity index (χ4n) is 1.74. The molecule has 0 amide bonds. The Labute approximate surface area is 95.3 Å². The third kappa shape index (κ3) is 1.69. The van der Waals surface area contributed by atoms with Gasteiger partial charge in [-0.25, -0.2) is 4.98 Å². The number of aryl methyl sites for hydroxylation is 3. The second kappa shape index (κ2) is 4.00. The van der Waals surface area contributed by atoms with Gasteiger partial charge in [-0.15, -0.1) is 0 Å². The van der Waals surface area contributed by atoms with E-state index in [1.807, 2.05) is 32.0 Å². The zero-order valence-electron chi connectivity index (χ0n) is 9.87. The zero-order valence-corrected chi connectivity index (χ0v) is 9.87. The van der Waals surface area contributed by atoms with Gasteiger partial charge in [-0.3, -0.25) is 0 Å². The zero-order chi connectivity index (χ0) is 11.7. The molecule has 0 radical (unpaired) electrons. The molecule has 2 rings (SSSR count). The number of anilines is 1. The Balaban J connectivity index is 2.54. The van der Waals surface area contributed by atoms with Crippen molar-refractivity contribution in [2.24, 2.45) is 0 Å². The first-order chi connectivity index (χ1) is 7.63. The second-order valence-corrected chi connectivity index (χ2v) is 3.92. The average molecular weight is 216 g/mol. The Hall–Kier alpha value is -1.77. The van der Waals surface area contributed by atoms with Crippen molar-refractivity contribution in [2.75, 3.05) is 5.73 Å². The largest absolute Gasteiger partial charge is 0.441 e. The summed E-state index contributed by atoms with van der Waals surface area (Å²) >= 11 is 0. The van der Waals surface area contributed by atoms with E-state index in [1.54, 1.807) is 0 Å². The van der Waals surface area contributed by atoms with Crippen LogP contribution in [0, 0.1) is 13.8 Å². The van der Waals surface area contributed by atoms with Gasteiger partial charge in [-0.2, -0.15) is 0 Å². The van der Waals surface area contributed by atoms with E-state index < -0.39 is 0 Å². The molecule has 84 valence electrons. The molecule has 0 fully saturated rings. The van der Waals surface area contributed by atoms with E-state index in [2.05, 4.69) is 11.9 Å². The van der Waals surface area contributed by atoms with Crippen LogP contribution in [0.5, 0.6) is 0 Å². The van der Waals surface area contributed by atoms with E-state index in [0.717, 1.165) is 34.7 Å². The molecular formula is C13H16N2O. The molecule has 0 saturated heterocycles. The van der Waals surface area contributed by atoms with Crippen molar-refractivity contribution < 1.29 is 4.42 Å². The number of rotatable bonds is 2. The summed E-state index contributed by atoms with van der Waals surface area (Å²) < 4.78 is 5.69. The van der Waals surface area contributed by atoms with Crippen molar-refractivity contribution in [3.63, 3.8) is 0 Å². The summed E-state index contributed by atoms with van der Waals surface area (Å²) in [6, 6.07) is 5.88. The van der Waals surface area contributed by atoms with Gasteiger partial charge in [-0.1, -0.05) is 19.1 Å². The van der Waals surface area contributed by atoms with E-state index >= 15 is 0 Å². The molecule has 0 aliphatic carbocycles. The van der Waals surface area contributed by atoms with Crippen molar-refractivity contribution in [2.45, 2.75) is 27.2 Å². The highest BCUT2D eigenvalue weighted by molar-refractivity contribution is 5.73. The molecule has 2 N–H and O–H groups in total. The van der Waals surface area contributed by atoms with Crippen LogP contribution in [0.4, 0.5) is 5.69 Å². The minimum atomic E-state index is 0.621. The highest BCUT2D eigenvalue weighted by atomic mass is 16.4. The molecule has 2 aromatic rings. The lowest BCUT2D eigenvalue weighted by Gasteiger charge is -2.03. The Morgan fingerprint density at radius 1 is 1.31 bits per heavy atom. The molecule has 1 heterocycles. The van der Waals surface area contributed by atoms with E-state index in [1.165, 1.54) is 0 Å². The summed E-state index contributed by atoms with van der Waals surface area (Å²) in [5.74, 6) is 1.55. The lowest BCUT2D eigenvalue weighted by Crippen LogP contribution is -1.93. The van der Waals surface area contributed by atoms with Crippen molar-refractivity contribution in [3.8, 4) is 11.5 Å². The van der Waals surface area contributed by atoms with Gasteiger partial charge in [0.25, 0.3) is 0 Å². The maximum atomic E-state index is 6.02. The summed E-state index contributed by atoms with van der Waals surface area (Å²) in [5.41, 5.74) is 9.63. The molecule has 0 atom stereocenters. The first-order valence-corrected chi connectivity index (χ1v) is 5.45. The Morgan fingerprint density at radius 2 is 2.06 bits per heavy atom. The molecule has 3 heteroatoms. The van der Waals surface area contributed by atoms with Crippen LogP contribution < -0.4 is 5.73 Å². The van der Waals surface area contributed by atoms with Crippen LogP contribution in [0.25, 0.3) is 11.5 Å². The number of nitrogens with zero attached hydrogens (tertiary/aromatic N) is 1. The van der Waals surface area contributed by atoms with Gasteiger partial charge in [0, 0.05) is 12.1 Å². The van der Waals surface area contributed by atoms with Gasteiger partial charge in [-0.05, 0) is 25.5 Å². The number of nitrogen functional groups attached to an aromatic ring is 1. The van der Waals surface area contributed by atoms with Crippen LogP contribution >= 0.6 is 0 Å². The first kappa shape index (κ1) is 10.7. The van der Waals surface area contributed by atoms with Crippen LogP contribution in [0.1, 0.15) is 23.9 Å². The summed E-state index contributed by atoms with van der Waals surface area (Å²) in [5, 5.41) is 0. The number of hydrogen-bond donors (Lipinski definition) is 1. The van der Waals surface area contributed by atoms with Gasteiger partial charge in [0.15, 0.2) is 0 Å². The molecule has 0 unspecified atom stereocenters. The highest BCUT2D eigenvalue weighted by Crippen LogP contribution is 2.29. The normalized spacial score (nSPS) is 10.7. The first-order valence-electron chi connectivity index (χ1n) is 5.45. The van der Waals surface area contributed by atoms with Crippen molar-refractivity contribution >= 4 is 5.69 Å². The second-order valence-electron chi connectivity index (χ2n) is 3.92. The topological polar surface area (TPSA) is 52.0 Å². The van der Waals surface area contributed by atoms with Gasteiger partial charge in [0.1, 0.15) is 5.76 Å². The molecule has 0 spiro atoms. The number of hydrogen-bond acceptors (Lipinski definition) is 3. The fourth-order valence-corrected chi connectivity index (χ4v) is 1.74. The molecule has 1 aromatic carbocycles. The van der Waals surface area contributed by atoms with Gasteiger partial charge in [0.05, 0.1) is 11.3 Å². The van der Waals surface area contributed by atoms with Gasteiger partial charge in [0.2, 0.25) is 5.89 Å². The Morgan fingerprint density at radius 3 is 2.69 bits per heavy atom. The van der Waals surface area contributed by atoms with Crippen LogP contribution in [0.2, 0.25) is 0 Å². The van der Waals surface area contributed by atoms with Crippen molar-refractivity contribution in [1.82, 2.24) is 4.98 Å². The molecule has 0 bridgehead atoms. The lowest BCUT2D eigenvalue weighted by atomic mass is 10.1. The van der Waals surface area contributed by atoms with E-state index in [0.29, 0.717) is 5.89 Å².